The molecule has 0 aliphatic heterocycles. The maximum absolute atomic E-state index is 4.94. The van der Waals surface area contributed by atoms with E-state index in [1.807, 2.05) is 12.3 Å². The van der Waals surface area contributed by atoms with Crippen LogP contribution in [0.4, 0.5) is 0 Å². The Bertz CT molecular complexity index is 309. The van der Waals surface area contributed by atoms with Crippen LogP contribution in [0.15, 0.2) is 12.3 Å². The summed E-state index contributed by atoms with van der Waals surface area (Å²) in [5.41, 5.74) is 0.904. The molecule has 2 aromatic heterocycles. The number of fused-ring (bicyclic) bond motifs is 1. The highest BCUT2D eigenvalue weighted by molar-refractivity contribution is 7.20. The minimum atomic E-state index is 0.710. The van der Waals surface area contributed by atoms with E-state index in [-0.39, 0.29) is 0 Å². The lowest BCUT2D eigenvalue weighted by atomic mass is 10.6. The first-order chi connectivity index (χ1) is 4.90. The molecule has 0 saturated carbocycles. The Balaban J connectivity index is 2.67. The molecule has 0 spiro atoms. The fraction of sp³-hybridized carbons (Fsp3) is 0.167. The maximum Gasteiger partial charge on any atom is 0.275 e. The van der Waals surface area contributed by atoms with E-state index in [0.717, 1.165) is 10.3 Å². The first-order valence-electron chi connectivity index (χ1n) is 2.88. The van der Waals surface area contributed by atoms with Crippen LogP contribution in [0.3, 0.4) is 0 Å². The molecule has 0 bridgehead atoms. The van der Waals surface area contributed by atoms with Gasteiger partial charge in [-0.3, -0.25) is 0 Å². The van der Waals surface area contributed by atoms with E-state index in [9.17, 15) is 0 Å². The molecule has 0 radical (unpaired) electrons. The zero-order valence-corrected chi connectivity index (χ0v) is 6.23. The monoisotopic (exact) mass is 154 g/mol. The zero-order chi connectivity index (χ0) is 6.97. The zero-order valence-electron chi connectivity index (χ0n) is 5.42. The third kappa shape index (κ3) is 0.690. The van der Waals surface area contributed by atoms with E-state index in [1.54, 1.807) is 7.11 Å². The van der Waals surface area contributed by atoms with E-state index < -0.39 is 0 Å². The van der Waals surface area contributed by atoms with Gasteiger partial charge in [-0.15, -0.1) is 0 Å². The number of hydrogen-bond donors (Lipinski definition) is 1. The van der Waals surface area contributed by atoms with E-state index >= 15 is 0 Å². The van der Waals surface area contributed by atoms with Crippen LogP contribution in [-0.4, -0.2) is 17.1 Å². The number of H-pyrrole nitrogens is 1. The molecule has 4 heteroatoms. The predicted molar refractivity (Wildman–Crippen MR) is 40.5 cm³/mol. The molecule has 0 saturated heterocycles. The highest BCUT2D eigenvalue weighted by Crippen LogP contribution is 2.25. The number of nitrogens with zero attached hydrogens (tertiary/aromatic N) is 1. The van der Waals surface area contributed by atoms with Crippen molar-refractivity contribution in [3.63, 3.8) is 0 Å². The molecule has 0 amide bonds. The van der Waals surface area contributed by atoms with Gasteiger partial charge in [0.25, 0.3) is 5.19 Å². The first-order valence-corrected chi connectivity index (χ1v) is 3.70. The summed E-state index contributed by atoms with van der Waals surface area (Å²) in [6.07, 6.45) is 1.87. The Hall–Kier alpha value is -1.03. The van der Waals surface area contributed by atoms with Crippen LogP contribution in [0, 0.1) is 0 Å². The fourth-order valence-electron chi connectivity index (χ4n) is 0.812. The quantitative estimate of drug-likeness (QED) is 0.678. The van der Waals surface area contributed by atoms with Gasteiger partial charge in [-0.1, -0.05) is 11.3 Å². The van der Waals surface area contributed by atoms with Gasteiger partial charge in [0.15, 0.2) is 5.65 Å². The highest BCUT2D eigenvalue weighted by atomic mass is 32.1. The van der Waals surface area contributed by atoms with Crippen LogP contribution in [-0.2, 0) is 0 Å². The summed E-state index contributed by atoms with van der Waals surface area (Å²) >= 11 is 1.54. The van der Waals surface area contributed by atoms with Gasteiger partial charge >= 0.3 is 0 Å². The molecule has 0 aromatic carbocycles. The predicted octanol–water partition coefficient (Wildman–Crippen LogP) is 1.63. The molecule has 0 fully saturated rings. The Morgan fingerprint density at radius 1 is 1.70 bits per heavy atom. The second-order valence-electron chi connectivity index (χ2n) is 1.87. The Labute approximate surface area is 61.7 Å². The Morgan fingerprint density at radius 3 is 3.30 bits per heavy atom. The number of aromatic nitrogens is 2. The van der Waals surface area contributed by atoms with Crippen LogP contribution >= 0.6 is 11.3 Å². The smallest absolute Gasteiger partial charge is 0.275 e. The van der Waals surface area contributed by atoms with Crippen molar-refractivity contribution in [2.45, 2.75) is 0 Å². The molecular weight excluding hydrogens is 148 g/mol. The lowest BCUT2D eigenvalue weighted by Gasteiger charge is -1.85. The molecule has 0 aliphatic carbocycles. The second kappa shape index (κ2) is 1.98. The minimum absolute atomic E-state index is 0.710. The van der Waals surface area contributed by atoms with Crippen LogP contribution in [0.5, 0.6) is 5.19 Å². The SMILES string of the molecule is COc1nc2[nH]ccc2s1. The van der Waals surface area contributed by atoms with Crippen molar-refractivity contribution in [2.24, 2.45) is 0 Å². The van der Waals surface area contributed by atoms with Gasteiger partial charge in [-0.2, -0.15) is 4.98 Å². The molecule has 2 heterocycles. The summed E-state index contributed by atoms with van der Waals surface area (Å²) in [5.74, 6) is 0. The summed E-state index contributed by atoms with van der Waals surface area (Å²) in [4.78, 5) is 7.13. The van der Waals surface area contributed by atoms with Gasteiger partial charge < -0.3 is 9.72 Å². The molecule has 0 aliphatic rings. The molecule has 3 nitrogen and oxygen atoms in total. The molecule has 2 rings (SSSR count). The number of hydrogen-bond acceptors (Lipinski definition) is 3. The molecule has 10 heavy (non-hydrogen) atoms. The maximum atomic E-state index is 4.94. The largest absolute Gasteiger partial charge is 0.473 e. The number of thiazole rings is 1. The van der Waals surface area contributed by atoms with E-state index in [4.69, 9.17) is 4.74 Å². The summed E-state index contributed by atoms with van der Waals surface area (Å²) in [6.45, 7) is 0. The average molecular weight is 154 g/mol. The summed E-state index contributed by atoms with van der Waals surface area (Å²) in [7, 11) is 1.62. The highest BCUT2D eigenvalue weighted by Gasteiger charge is 2.01. The lowest BCUT2D eigenvalue weighted by molar-refractivity contribution is 0.413. The van der Waals surface area contributed by atoms with Crippen molar-refractivity contribution in [1.82, 2.24) is 9.97 Å². The van der Waals surface area contributed by atoms with Gasteiger partial charge in [-0.25, -0.2) is 0 Å². The van der Waals surface area contributed by atoms with Crippen molar-refractivity contribution in [1.29, 1.82) is 0 Å². The molecule has 2 aromatic rings. The second-order valence-corrected chi connectivity index (χ2v) is 2.87. The topological polar surface area (TPSA) is 37.9 Å². The lowest BCUT2D eigenvalue weighted by Crippen LogP contribution is -1.78. The number of methoxy groups -OCH3 is 1. The van der Waals surface area contributed by atoms with Crippen LogP contribution in [0.2, 0.25) is 0 Å². The molecular formula is C6H6N2OS. The minimum Gasteiger partial charge on any atom is -0.473 e. The van der Waals surface area contributed by atoms with E-state index in [0.29, 0.717) is 5.19 Å². The summed E-state index contributed by atoms with van der Waals surface area (Å²) in [5, 5.41) is 0.710. The molecule has 0 unspecified atom stereocenters. The van der Waals surface area contributed by atoms with Crippen molar-refractivity contribution < 1.29 is 4.74 Å². The van der Waals surface area contributed by atoms with Gasteiger partial charge in [0.2, 0.25) is 0 Å². The van der Waals surface area contributed by atoms with Gasteiger partial charge in [0.1, 0.15) is 0 Å². The van der Waals surface area contributed by atoms with Gasteiger partial charge in [0.05, 0.1) is 11.8 Å². The van der Waals surface area contributed by atoms with Crippen molar-refractivity contribution in [2.75, 3.05) is 7.11 Å². The third-order valence-corrected chi connectivity index (χ3v) is 2.25. The Kier molecular flexibility index (Phi) is 1.14. The number of ether oxygens (including phenoxy) is 1. The summed E-state index contributed by atoms with van der Waals surface area (Å²) in [6, 6.07) is 1.98. The van der Waals surface area contributed by atoms with Crippen molar-refractivity contribution in [3.8, 4) is 5.19 Å². The average Bonchev–Trinajstić information content (AvgIpc) is 2.42. The molecule has 52 valence electrons. The van der Waals surface area contributed by atoms with Crippen molar-refractivity contribution in [3.05, 3.63) is 12.3 Å². The van der Waals surface area contributed by atoms with Gasteiger partial charge in [0, 0.05) is 6.20 Å². The number of aromatic amines is 1. The Morgan fingerprint density at radius 2 is 2.60 bits per heavy atom. The van der Waals surface area contributed by atoms with Crippen molar-refractivity contribution >= 4 is 21.7 Å². The number of nitrogens with one attached hydrogen (secondary N) is 1. The normalized spacial score (nSPS) is 10.5. The van der Waals surface area contributed by atoms with Crippen LogP contribution in [0.25, 0.3) is 10.3 Å². The van der Waals surface area contributed by atoms with E-state index in [1.165, 1.54) is 11.3 Å². The van der Waals surface area contributed by atoms with E-state index in [2.05, 4.69) is 9.97 Å². The molecule has 1 N–H and O–H groups in total. The number of rotatable bonds is 1. The first kappa shape index (κ1) is 5.73. The fourth-order valence-corrected chi connectivity index (χ4v) is 1.56. The standard InChI is InChI=1S/C6H6N2OS/c1-9-6-8-5-4(10-6)2-3-7-5/h2-3,7H,1H3. The van der Waals surface area contributed by atoms with Crippen LogP contribution in [0.1, 0.15) is 0 Å². The van der Waals surface area contributed by atoms with Gasteiger partial charge in [-0.05, 0) is 6.07 Å². The summed E-state index contributed by atoms with van der Waals surface area (Å²) < 4.78 is 6.08. The molecule has 0 atom stereocenters. The van der Waals surface area contributed by atoms with Crippen LogP contribution < -0.4 is 4.74 Å². The third-order valence-electron chi connectivity index (χ3n) is 1.26.